The van der Waals surface area contributed by atoms with Gasteiger partial charge in [-0.25, -0.2) is 4.98 Å². The minimum absolute atomic E-state index is 0.196. The highest BCUT2D eigenvalue weighted by Crippen LogP contribution is 2.28. The lowest BCUT2D eigenvalue weighted by molar-refractivity contribution is 0.101. The van der Waals surface area contributed by atoms with Gasteiger partial charge in [-0.05, 0) is 62.6 Å². The SMILES string of the molecule is Cc1ccc(C)c(OCc2c(C(=O)Nc3nc4ccc(C)cc4s3)noc2C)c1. The minimum Gasteiger partial charge on any atom is -0.488 e. The molecule has 0 spiro atoms. The van der Waals surface area contributed by atoms with E-state index in [1.165, 1.54) is 11.3 Å². The Labute approximate surface area is 172 Å². The van der Waals surface area contributed by atoms with Gasteiger partial charge in [-0.1, -0.05) is 34.7 Å². The van der Waals surface area contributed by atoms with Crippen LogP contribution in [0.1, 0.15) is 38.5 Å². The van der Waals surface area contributed by atoms with Gasteiger partial charge in [-0.2, -0.15) is 0 Å². The summed E-state index contributed by atoms with van der Waals surface area (Å²) in [6.07, 6.45) is 0. The Hall–Kier alpha value is -3.19. The Kier molecular flexibility index (Phi) is 5.07. The van der Waals surface area contributed by atoms with Crippen LogP contribution in [0.5, 0.6) is 5.75 Å². The molecule has 0 aliphatic rings. The predicted molar refractivity (Wildman–Crippen MR) is 114 cm³/mol. The number of hydrogen-bond donors (Lipinski definition) is 1. The van der Waals surface area contributed by atoms with Crippen molar-refractivity contribution in [1.29, 1.82) is 0 Å². The number of aryl methyl sites for hydroxylation is 4. The minimum atomic E-state index is -0.364. The van der Waals surface area contributed by atoms with Gasteiger partial charge in [0.15, 0.2) is 10.8 Å². The predicted octanol–water partition coefficient (Wildman–Crippen LogP) is 5.35. The Morgan fingerprint density at radius 3 is 2.69 bits per heavy atom. The van der Waals surface area contributed by atoms with Crippen molar-refractivity contribution in [2.45, 2.75) is 34.3 Å². The summed E-state index contributed by atoms with van der Waals surface area (Å²) in [5.74, 6) is 0.969. The molecule has 4 rings (SSSR count). The summed E-state index contributed by atoms with van der Waals surface area (Å²) in [6, 6.07) is 12.0. The van der Waals surface area contributed by atoms with Gasteiger partial charge in [0.25, 0.3) is 5.91 Å². The fourth-order valence-electron chi connectivity index (χ4n) is 2.99. The molecule has 0 unspecified atom stereocenters. The van der Waals surface area contributed by atoms with Gasteiger partial charge < -0.3 is 9.26 Å². The summed E-state index contributed by atoms with van der Waals surface area (Å²) in [5.41, 5.74) is 4.98. The Bertz CT molecular complexity index is 1210. The van der Waals surface area contributed by atoms with E-state index in [-0.39, 0.29) is 18.2 Å². The van der Waals surface area contributed by atoms with Crippen LogP contribution in [0.3, 0.4) is 0 Å². The van der Waals surface area contributed by atoms with E-state index in [4.69, 9.17) is 9.26 Å². The zero-order valence-corrected chi connectivity index (χ0v) is 17.5. The fraction of sp³-hybridized carbons (Fsp3) is 0.227. The first-order chi connectivity index (χ1) is 13.9. The van der Waals surface area contributed by atoms with Crippen LogP contribution in [-0.4, -0.2) is 16.0 Å². The number of nitrogens with zero attached hydrogens (tertiary/aromatic N) is 2. The van der Waals surface area contributed by atoms with Crippen LogP contribution in [0.15, 0.2) is 40.9 Å². The highest BCUT2D eigenvalue weighted by Gasteiger charge is 2.22. The van der Waals surface area contributed by atoms with Gasteiger partial charge in [0.2, 0.25) is 0 Å². The largest absolute Gasteiger partial charge is 0.488 e. The number of nitrogens with one attached hydrogen (secondary N) is 1. The molecule has 0 saturated heterocycles. The lowest BCUT2D eigenvalue weighted by atomic mass is 10.1. The Morgan fingerprint density at radius 1 is 1.10 bits per heavy atom. The third-order valence-corrected chi connectivity index (χ3v) is 5.61. The van der Waals surface area contributed by atoms with Crippen molar-refractivity contribution in [3.05, 3.63) is 70.1 Å². The highest BCUT2D eigenvalue weighted by atomic mass is 32.1. The van der Waals surface area contributed by atoms with Gasteiger partial charge in [0.1, 0.15) is 18.1 Å². The maximum absolute atomic E-state index is 12.8. The zero-order chi connectivity index (χ0) is 20.5. The number of fused-ring (bicyclic) bond motifs is 1. The number of amides is 1. The van der Waals surface area contributed by atoms with E-state index in [2.05, 4.69) is 15.5 Å². The molecule has 0 aliphatic heterocycles. The molecule has 0 saturated carbocycles. The molecule has 0 fully saturated rings. The lowest BCUT2D eigenvalue weighted by Gasteiger charge is -2.10. The average Bonchev–Trinajstić information content (AvgIpc) is 3.24. The van der Waals surface area contributed by atoms with Crippen molar-refractivity contribution in [3.63, 3.8) is 0 Å². The standard InChI is InChI=1S/C22H21N3O3S/c1-12-5-7-14(3)18(9-12)27-11-16-15(4)28-25-20(16)21(26)24-22-23-17-8-6-13(2)10-19(17)29-22/h5-10H,11H2,1-4H3,(H,23,24,26). The molecule has 148 valence electrons. The number of hydrogen-bond acceptors (Lipinski definition) is 6. The van der Waals surface area contributed by atoms with Crippen molar-refractivity contribution in [2.75, 3.05) is 5.32 Å². The second-order valence-electron chi connectivity index (χ2n) is 7.07. The second kappa shape index (κ2) is 7.67. The summed E-state index contributed by atoms with van der Waals surface area (Å²) in [5, 5.41) is 7.30. The van der Waals surface area contributed by atoms with E-state index < -0.39 is 0 Å². The monoisotopic (exact) mass is 407 g/mol. The number of thiazole rings is 1. The van der Waals surface area contributed by atoms with E-state index >= 15 is 0 Å². The average molecular weight is 407 g/mol. The molecule has 4 aromatic rings. The van der Waals surface area contributed by atoms with Crippen LogP contribution < -0.4 is 10.1 Å². The molecule has 0 atom stereocenters. The zero-order valence-electron chi connectivity index (χ0n) is 16.7. The highest BCUT2D eigenvalue weighted by molar-refractivity contribution is 7.22. The first-order valence-electron chi connectivity index (χ1n) is 9.24. The summed E-state index contributed by atoms with van der Waals surface area (Å²) in [7, 11) is 0. The Morgan fingerprint density at radius 2 is 1.86 bits per heavy atom. The van der Waals surface area contributed by atoms with Gasteiger partial charge in [0.05, 0.1) is 15.8 Å². The summed E-state index contributed by atoms with van der Waals surface area (Å²) in [6.45, 7) is 7.98. The van der Waals surface area contributed by atoms with Crippen LogP contribution in [0, 0.1) is 27.7 Å². The normalized spacial score (nSPS) is 11.0. The van der Waals surface area contributed by atoms with E-state index in [9.17, 15) is 4.79 Å². The van der Waals surface area contributed by atoms with Crippen LogP contribution in [0.4, 0.5) is 5.13 Å². The maximum atomic E-state index is 12.8. The molecule has 0 radical (unpaired) electrons. The van der Waals surface area contributed by atoms with E-state index in [1.807, 2.05) is 57.2 Å². The molecular weight excluding hydrogens is 386 g/mol. The molecular formula is C22H21N3O3S. The van der Waals surface area contributed by atoms with Crippen molar-refractivity contribution < 1.29 is 14.1 Å². The number of benzene rings is 2. The van der Waals surface area contributed by atoms with Crippen LogP contribution in [0.25, 0.3) is 10.2 Å². The van der Waals surface area contributed by atoms with Crippen LogP contribution >= 0.6 is 11.3 Å². The summed E-state index contributed by atoms with van der Waals surface area (Å²) < 4.78 is 12.2. The number of aromatic nitrogens is 2. The third kappa shape index (κ3) is 4.00. The van der Waals surface area contributed by atoms with Crippen LogP contribution in [0.2, 0.25) is 0 Å². The van der Waals surface area contributed by atoms with E-state index in [0.29, 0.717) is 16.5 Å². The van der Waals surface area contributed by atoms with Gasteiger partial charge in [-0.15, -0.1) is 0 Å². The third-order valence-electron chi connectivity index (χ3n) is 4.68. The van der Waals surface area contributed by atoms with Crippen LogP contribution in [-0.2, 0) is 6.61 Å². The van der Waals surface area contributed by atoms with E-state index in [0.717, 1.165) is 32.7 Å². The molecule has 1 amide bonds. The quantitative estimate of drug-likeness (QED) is 0.483. The molecule has 7 heteroatoms. The lowest BCUT2D eigenvalue weighted by Crippen LogP contribution is -2.15. The molecule has 6 nitrogen and oxygen atoms in total. The molecule has 2 heterocycles. The van der Waals surface area contributed by atoms with Gasteiger partial charge in [-0.3, -0.25) is 10.1 Å². The van der Waals surface area contributed by atoms with Gasteiger partial charge in [0, 0.05) is 0 Å². The number of carbonyl (C=O) groups excluding carboxylic acids is 1. The molecule has 1 N–H and O–H groups in total. The van der Waals surface area contributed by atoms with Crippen molar-refractivity contribution in [2.24, 2.45) is 0 Å². The number of carbonyl (C=O) groups is 1. The topological polar surface area (TPSA) is 77.2 Å². The Balaban J connectivity index is 1.53. The number of ether oxygens (including phenoxy) is 1. The van der Waals surface area contributed by atoms with Crippen molar-refractivity contribution in [3.8, 4) is 5.75 Å². The maximum Gasteiger partial charge on any atom is 0.280 e. The first-order valence-corrected chi connectivity index (χ1v) is 10.1. The fourth-order valence-corrected chi connectivity index (χ4v) is 3.95. The smallest absolute Gasteiger partial charge is 0.280 e. The molecule has 2 aromatic carbocycles. The molecule has 0 bridgehead atoms. The first kappa shape index (κ1) is 19.1. The molecule has 2 aromatic heterocycles. The number of rotatable bonds is 5. The molecule has 29 heavy (non-hydrogen) atoms. The molecule has 0 aliphatic carbocycles. The van der Waals surface area contributed by atoms with Gasteiger partial charge >= 0.3 is 0 Å². The number of anilines is 1. The summed E-state index contributed by atoms with van der Waals surface area (Å²) >= 11 is 1.43. The van der Waals surface area contributed by atoms with Crippen molar-refractivity contribution >= 4 is 32.6 Å². The summed E-state index contributed by atoms with van der Waals surface area (Å²) in [4.78, 5) is 17.3. The second-order valence-corrected chi connectivity index (χ2v) is 8.10. The van der Waals surface area contributed by atoms with Crippen molar-refractivity contribution in [1.82, 2.24) is 10.1 Å². The van der Waals surface area contributed by atoms with E-state index in [1.54, 1.807) is 6.92 Å².